The summed E-state index contributed by atoms with van der Waals surface area (Å²) in [6, 6.07) is 10.4. The molecular formula is C18H21N3OS2. The van der Waals surface area contributed by atoms with Crippen LogP contribution in [-0.2, 0) is 0 Å². The van der Waals surface area contributed by atoms with Crippen molar-refractivity contribution in [3.8, 4) is 10.4 Å². The Morgan fingerprint density at radius 2 is 2.12 bits per heavy atom. The van der Waals surface area contributed by atoms with Gasteiger partial charge in [-0.3, -0.25) is 4.79 Å². The number of carbonyl (C=O) groups excluding carboxylic acids is 1. The van der Waals surface area contributed by atoms with Crippen LogP contribution in [0.25, 0.3) is 10.4 Å². The molecule has 2 aromatic rings. The van der Waals surface area contributed by atoms with Gasteiger partial charge in [0.1, 0.15) is 5.69 Å². The van der Waals surface area contributed by atoms with E-state index in [4.69, 9.17) is 0 Å². The highest BCUT2D eigenvalue weighted by molar-refractivity contribution is 8.07. The van der Waals surface area contributed by atoms with Crippen molar-refractivity contribution in [1.29, 1.82) is 0 Å². The van der Waals surface area contributed by atoms with Crippen molar-refractivity contribution in [3.63, 3.8) is 0 Å². The first kappa shape index (κ1) is 16.1. The molecule has 3 heterocycles. The van der Waals surface area contributed by atoms with Crippen molar-refractivity contribution in [3.05, 3.63) is 41.0 Å². The zero-order valence-electron chi connectivity index (χ0n) is 13.9. The van der Waals surface area contributed by atoms with E-state index >= 15 is 0 Å². The summed E-state index contributed by atoms with van der Waals surface area (Å²) in [5.41, 5.74) is 1.70. The number of nitrogens with one attached hydrogen (secondary N) is 1. The van der Waals surface area contributed by atoms with Crippen molar-refractivity contribution < 1.29 is 4.79 Å². The van der Waals surface area contributed by atoms with Crippen molar-refractivity contribution in [1.82, 2.24) is 15.2 Å². The lowest BCUT2D eigenvalue weighted by Gasteiger charge is -2.34. The van der Waals surface area contributed by atoms with Gasteiger partial charge >= 0.3 is 0 Å². The summed E-state index contributed by atoms with van der Waals surface area (Å²) in [7, 11) is 1.96. The van der Waals surface area contributed by atoms with Crippen LogP contribution in [0.5, 0.6) is 0 Å². The molecule has 126 valence electrons. The van der Waals surface area contributed by atoms with E-state index < -0.39 is 0 Å². The maximum atomic E-state index is 13.4. The fraction of sp³-hybridized carbons (Fsp3) is 0.444. The number of thioether (sulfide) groups is 1. The van der Waals surface area contributed by atoms with Gasteiger partial charge in [0, 0.05) is 17.8 Å². The zero-order valence-corrected chi connectivity index (χ0v) is 15.5. The molecule has 1 aromatic heterocycles. The number of piperidine rings is 1. The molecule has 0 bridgehead atoms. The molecule has 2 fully saturated rings. The molecule has 0 radical (unpaired) electrons. The second kappa shape index (κ2) is 6.50. The predicted octanol–water partition coefficient (Wildman–Crippen LogP) is 3.38. The molecule has 6 heteroatoms. The molecule has 2 aliphatic rings. The van der Waals surface area contributed by atoms with Gasteiger partial charge in [-0.2, -0.15) is 0 Å². The molecule has 1 unspecified atom stereocenters. The first-order valence-electron chi connectivity index (χ1n) is 8.34. The summed E-state index contributed by atoms with van der Waals surface area (Å²) in [6.45, 7) is 2.82. The third kappa shape index (κ3) is 2.87. The molecule has 4 rings (SSSR count). The number of carbonyl (C=O) groups is 1. The number of nitrogens with zero attached hydrogens (tertiary/aromatic N) is 2. The number of thiazole rings is 1. The molecule has 1 aromatic carbocycles. The molecular weight excluding hydrogens is 338 g/mol. The third-order valence-electron chi connectivity index (χ3n) is 4.65. The number of likely N-dealkylation sites (N-methyl/N-ethyl adjacent to an activating group) is 1. The molecule has 3 atom stereocenters. The van der Waals surface area contributed by atoms with Crippen LogP contribution in [0.2, 0.25) is 0 Å². The van der Waals surface area contributed by atoms with Crippen molar-refractivity contribution >= 4 is 29.0 Å². The topological polar surface area (TPSA) is 45.2 Å². The number of hydrogen-bond donors (Lipinski definition) is 1. The third-order valence-corrected chi connectivity index (χ3v) is 7.04. The van der Waals surface area contributed by atoms with Gasteiger partial charge in [-0.05, 0) is 32.4 Å². The van der Waals surface area contributed by atoms with Crippen LogP contribution in [0.4, 0.5) is 0 Å². The average molecular weight is 360 g/mol. The second-order valence-corrected chi connectivity index (χ2v) is 8.91. The summed E-state index contributed by atoms with van der Waals surface area (Å²) in [5.74, 6) is 0.0955. The molecule has 0 saturated carbocycles. The summed E-state index contributed by atoms with van der Waals surface area (Å²) in [5, 5.41) is 5.16. The van der Waals surface area contributed by atoms with E-state index in [9.17, 15) is 4.79 Å². The standard InChI is InChI=1S/C18H21N3OS2/c1-11-20-15(16(23-11)12-6-4-3-5-7-12)17(22)21-13(10-19-2)8-9-14-18(21)24-14/h3-7,13-14,18-19H,8-10H2,1-2H3/t13?,14-,18-/m1/s1. The number of fused-ring (bicyclic) bond motifs is 1. The number of benzene rings is 1. The van der Waals surface area contributed by atoms with Crippen LogP contribution in [0, 0.1) is 6.92 Å². The van der Waals surface area contributed by atoms with E-state index in [0.29, 0.717) is 16.3 Å². The Balaban J connectivity index is 1.69. The Kier molecular flexibility index (Phi) is 4.37. The van der Waals surface area contributed by atoms with Gasteiger partial charge in [0.15, 0.2) is 0 Å². The SMILES string of the molecule is CNCC1CC[C@H]2S[C@H]2N1C(=O)c1nc(C)sc1-c1ccccc1. The molecule has 1 N–H and O–H groups in total. The first-order valence-corrected chi connectivity index (χ1v) is 10.1. The second-order valence-electron chi connectivity index (χ2n) is 6.34. The summed E-state index contributed by atoms with van der Waals surface area (Å²) in [6.07, 6.45) is 2.29. The highest BCUT2D eigenvalue weighted by Crippen LogP contribution is 2.51. The molecule has 2 saturated heterocycles. The van der Waals surface area contributed by atoms with Gasteiger partial charge in [-0.1, -0.05) is 30.3 Å². The molecule has 1 amide bonds. The molecule has 0 aliphatic carbocycles. The van der Waals surface area contributed by atoms with Gasteiger partial charge in [0.25, 0.3) is 5.91 Å². The Bertz CT molecular complexity index is 746. The van der Waals surface area contributed by atoms with Gasteiger partial charge in [0.05, 0.1) is 15.3 Å². The Hall–Kier alpha value is -1.37. The van der Waals surface area contributed by atoms with Gasteiger partial charge in [-0.15, -0.1) is 23.1 Å². The number of rotatable bonds is 4. The van der Waals surface area contributed by atoms with Crippen molar-refractivity contribution in [2.45, 2.75) is 36.4 Å². The van der Waals surface area contributed by atoms with Gasteiger partial charge < -0.3 is 10.2 Å². The van der Waals surface area contributed by atoms with E-state index in [0.717, 1.165) is 28.4 Å². The minimum Gasteiger partial charge on any atom is -0.320 e. The molecule has 2 aliphatic heterocycles. The van der Waals surface area contributed by atoms with Crippen molar-refractivity contribution in [2.24, 2.45) is 0 Å². The molecule has 0 spiro atoms. The van der Waals surface area contributed by atoms with Crippen LogP contribution < -0.4 is 5.32 Å². The number of aromatic nitrogens is 1. The van der Waals surface area contributed by atoms with E-state index in [1.807, 2.05) is 43.9 Å². The van der Waals surface area contributed by atoms with Gasteiger partial charge in [-0.25, -0.2) is 4.98 Å². The van der Waals surface area contributed by atoms with Crippen LogP contribution in [-0.4, -0.2) is 46.0 Å². The Morgan fingerprint density at radius 1 is 1.33 bits per heavy atom. The fourth-order valence-corrected chi connectivity index (χ4v) is 5.61. The fourth-order valence-electron chi connectivity index (χ4n) is 3.49. The van der Waals surface area contributed by atoms with Crippen LogP contribution in [0.3, 0.4) is 0 Å². The highest BCUT2D eigenvalue weighted by atomic mass is 32.2. The van der Waals surface area contributed by atoms with E-state index in [1.165, 1.54) is 6.42 Å². The summed E-state index contributed by atoms with van der Waals surface area (Å²) >= 11 is 3.53. The minimum atomic E-state index is 0.0955. The van der Waals surface area contributed by atoms with Crippen LogP contribution in [0.1, 0.15) is 28.3 Å². The highest BCUT2D eigenvalue weighted by Gasteiger charge is 2.51. The largest absolute Gasteiger partial charge is 0.320 e. The maximum absolute atomic E-state index is 13.4. The zero-order chi connectivity index (χ0) is 16.7. The minimum absolute atomic E-state index is 0.0955. The lowest BCUT2D eigenvalue weighted by atomic mass is 10.0. The molecule has 24 heavy (non-hydrogen) atoms. The first-order chi connectivity index (χ1) is 11.7. The number of aryl methyl sites for hydroxylation is 1. The van der Waals surface area contributed by atoms with E-state index in [-0.39, 0.29) is 11.9 Å². The number of amides is 1. The number of hydrogen-bond acceptors (Lipinski definition) is 5. The lowest BCUT2D eigenvalue weighted by Crippen LogP contribution is -2.50. The maximum Gasteiger partial charge on any atom is 0.275 e. The van der Waals surface area contributed by atoms with Gasteiger partial charge in [0.2, 0.25) is 0 Å². The lowest BCUT2D eigenvalue weighted by molar-refractivity contribution is 0.0618. The summed E-state index contributed by atoms with van der Waals surface area (Å²) < 4.78 is 0. The Labute approximate surface area is 150 Å². The quantitative estimate of drug-likeness (QED) is 0.850. The molecule has 4 nitrogen and oxygen atoms in total. The van der Waals surface area contributed by atoms with Crippen LogP contribution in [0.15, 0.2) is 30.3 Å². The smallest absolute Gasteiger partial charge is 0.275 e. The van der Waals surface area contributed by atoms with Crippen LogP contribution >= 0.6 is 23.1 Å². The van der Waals surface area contributed by atoms with E-state index in [2.05, 4.69) is 27.3 Å². The monoisotopic (exact) mass is 359 g/mol. The summed E-state index contributed by atoms with van der Waals surface area (Å²) in [4.78, 5) is 21.1. The normalized spacial score (nSPS) is 25.4. The van der Waals surface area contributed by atoms with Crippen molar-refractivity contribution in [2.75, 3.05) is 13.6 Å². The average Bonchev–Trinajstić information content (AvgIpc) is 3.28. The van der Waals surface area contributed by atoms with E-state index in [1.54, 1.807) is 11.3 Å². The number of likely N-dealkylation sites (tertiary alicyclic amines) is 1. The predicted molar refractivity (Wildman–Crippen MR) is 101 cm³/mol. The Morgan fingerprint density at radius 3 is 2.88 bits per heavy atom.